The highest BCUT2D eigenvalue weighted by atomic mass is 16.5. The summed E-state index contributed by atoms with van der Waals surface area (Å²) in [6, 6.07) is 16.2. The summed E-state index contributed by atoms with van der Waals surface area (Å²) in [7, 11) is 1.66. The van der Waals surface area contributed by atoms with Crippen LogP contribution in [-0.2, 0) is 12.0 Å². The summed E-state index contributed by atoms with van der Waals surface area (Å²) >= 11 is 0. The van der Waals surface area contributed by atoms with Crippen molar-refractivity contribution in [2.45, 2.75) is 31.7 Å². The molecule has 1 saturated carbocycles. The zero-order chi connectivity index (χ0) is 17.0. The van der Waals surface area contributed by atoms with E-state index in [9.17, 15) is 4.79 Å². The first kappa shape index (κ1) is 16.4. The molecule has 0 aliphatic heterocycles. The first-order valence-electron chi connectivity index (χ1n) is 8.37. The van der Waals surface area contributed by atoms with Gasteiger partial charge in [-0.1, -0.05) is 42.0 Å². The van der Waals surface area contributed by atoms with Crippen LogP contribution in [0.2, 0.25) is 0 Å². The van der Waals surface area contributed by atoms with E-state index >= 15 is 0 Å². The Balaban J connectivity index is 1.50. The van der Waals surface area contributed by atoms with Crippen molar-refractivity contribution in [1.82, 2.24) is 10.6 Å². The van der Waals surface area contributed by atoms with Gasteiger partial charge in [-0.3, -0.25) is 0 Å². The van der Waals surface area contributed by atoms with Gasteiger partial charge in [-0.05, 0) is 49.4 Å². The van der Waals surface area contributed by atoms with E-state index in [0.29, 0.717) is 6.54 Å². The summed E-state index contributed by atoms with van der Waals surface area (Å²) in [5, 5.41) is 6.09. The van der Waals surface area contributed by atoms with E-state index in [1.54, 1.807) is 7.11 Å². The summed E-state index contributed by atoms with van der Waals surface area (Å²) in [5.74, 6) is 0.841. The molecule has 3 rings (SSSR count). The largest absolute Gasteiger partial charge is 0.497 e. The molecule has 0 aromatic heterocycles. The Morgan fingerprint density at radius 2 is 1.92 bits per heavy atom. The second kappa shape index (κ2) is 6.95. The molecule has 0 spiro atoms. The molecule has 24 heavy (non-hydrogen) atoms. The van der Waals surface area contributed by atoms with Gasteiger partial charge < -0.3 is 15.4 Å². The van der Waals surface area contributed by atoms with Gasteiger partial charge in [-0.15, -0.1) is 0 Å². The minimum Gasteiger partial charge on any atom is -0.497 e. The van der Waals surface area contributed by atoms with Gasteiger partial charge in [0, 0.05) is 6.54 Å². The van der Waals surface area contributed by atoms with Gasteiger partial charge in [0.1, 0.15) is 5.75 Å². The third-order valence-electron chi connectivity index (χ3n) is 4.54. The van der Waals surface area contributed by atoms with Crippen molar-refractivity contribution >= 4 is 6.03 Å². The lowest BCUT2D eigenvalue weighted by molar-refractivity contribution is 0.236. The van der Waals surface area contributed by atoms with E-state index in [1.807, 2.05) is 24.3 Å². The number of carbonyl (C=O) groups excluding carboxylic acids is 1. The van der Waals surface area contributed by atoms with E-state index in [2.05, 4.69) is 41.8 Å². The molecule has 2 N–H and O–H groups in total. The Morgan fingerprint density at radius 1 is 1.17 bits per heavy atom. The van der Waals surface area contributed by atoms with E-state index in [-0.39, 0.29) is 11.6 Å². The van der Waals surface area contributed by atoms with Crippen LogP contribution in [0.1, 0.15) is 29.5 Å². The Labute approximate surface area is 143 Å². The summed E-state index contributed by atoms with van der Waals surface area (Å²) in [5.41, 5.74) is 3.40. The second-order valence-corrected chi connectivity index (χ2v) is 6.43. The molecule has 2 amide bonds. The third-order valence-corrected chi connectivity index (χ3v) is 4.54. The van der Waals surface area contributed by atoms with E-state index in [0.717, 1.165) is 30.6 Å². The van der Waals surface area contributed by atoms with Crippen molar-refractivity contribution in [2.24, 2.45) is 0 Å². The Morgan fingerprint density at radius 3 is 2.58 bits per heavy atom. The number of rotatable bonds is 6. The maximum Gasteiger partial charge on any atom is 0.315 e. The highest BCUT2D eigenvalue weighted by Crippen LogP contribution is 2.45. The molecule has 1 aliphatic rings. The molecule has 4 nitrogen and oxygen atoms in total. The third kappa shape index (κ3) is 3.88. The Bertz CT molecular complexity index is 706. The zero-order valence-corrected chi connectivity index (χ0v) is 14.3. The van der Waals surface area contributed by atoms with Crippen LogP contribution >= 0.6 is 0 Å². The number of aryl methyl sites for hydroxylation is 1. The van der Waals surface area contributed by atoms with E-state index < -0.39 is 0 Å². The zero-order valence-electron chi connectivity index (χ0n) is 14.3. The molecule has 1 aliphatic carbocycles. The fraction of sp³-hybridized carbons (Fsp3) is 0.350. The Kier molecular flexibility index (Phi) is 4.74. The van der Waals surface area contributed by atoms with Gasteiger partial charge in [0.05, 0.1) is 12.6 Å². The lowest BCUT2D eigenvalue weighted by Crippen LogP contribution is -2.42. The van der Waals surface area contributed by atoms with Crippen LogP contribution in [0.15, 0.2) is 48.5 Å². The summed E-state index contributed by atoms with van der Waals surface area (Å²) in [6.45, 7) is 2.67. The average molecular weight is 324 g/mol. The van der Waals surface area contributed by atoms with Crippen LogP contribution in [0.3, 0.4) is 0 Å². The SMILES string of the molecule is COc1cccc(CCNC(=O)NC2(c3ccc(C)cc3)CC2)c1. The number of methoxy groups -OCH3 is 1. The van der Waals surface area contributed by atoms with Crippen molar-refractivity contribution in [3.8, 4) is 5.75 Å². The summed E-state index contributed by atoms with van der Waals surface area (Å²) in [4.78, 5) is 12.2. The maximum atomic E-state index is 12.2. The molecular weight excluding hydrogens is 300 g/mol. The lowest BCUT2D eigenvalue weighted by Gasteiger charge is -2.18. The molecule has 126 valence electrons. The van der Waals surface area contributed by atoms with Crippen molar-refractivity contribution in [2.75, 3.05) is 13.7 Å². The molecule has 2 aromatic carbocycles. The molecule has 1 fully saturated rings. The minimum atomic E-state index is -0.173. The molecule has 2 aromatic rings. The monoisotopic (exact) mass is 324 g/mol. The highest BCUT2D eigenvalue weighted by molar-refractivity contribution is 5.75. The number of amides is 2. The minimum absolute atomic E-state index is 0.101. The predicted octanol–water partition coefficient (Wildman–Crippen LogP) is 3.53. The normalized spacial score (nSPS) is 14.8. The number of carbonyl (C=O) groups is 1. The van der Waals surface area contributed by atoms with Crippen LogP contribution in [-0.4, -0.2) is 19.7 Å². The van der Waals surface area contributed by atoms with Crippen molar-refractivity contribution in [3.63, 3.8) is 0 Å². The van der Waals surface area contributed by atoms with Crippen LogP contribution in [0.4, 0.5) is 4.79 Å². The van der Waals surface area contributed by atoms with Crippen LogP contribution < -0.4 is 15.4 Å². The standard InChI is InChI=1S/C20H24N2O2/c1-15-6-8-17(9-7-15)20(11-12-20)22-19(23)21-13-10-16-4-3-5-18(14-16)24-2/h3-9,14H,10-13H2,1-2H3,(H2,21,22,23). The predicted molar refractivity (Wildman–Crippen MR) is 95.3 cm³/mol. The van der Waals surface area contributed by atoms with Crippen LogP contribution in [0.5, 0.6) is 5.75 Å². The van der Waals surface area contributed by atoms with Gasteiger partial charge in [-0.2, -0.15) is 0 Å². The molecule has 0 heterocycles. The number of hydrogen-bond acceptors (Lipinski definition) is 2. The number of hydrogen-bond donors (Lipinski definition) is 2. The van der Waals surface area contributed by atoms with Gasteiger partial charge in [0.15, 0.2) is 0 Å². The molecule has 0 saturated heterocycles. The quantitative estimate of drug-likeness (QED) is 0.854. The van der Waals surface area contributed by atoms with Gasteiger partial charge in [0.25, 0.3) is 0 Å². The van der Waals surface area contributed by atoms with Crippen molar-refractivity contribution in [3.05, 3.63) is 65.2 Å². The van der Waals surface area contributed by atoms with Gasteiger partial charge in [0.2, 0.25) is 0 Å². The molecule has 4 heteroatoms. The van der Waals surface area contributed by atoms with Gasteiger partial charge in [-0.25, -0.2) is 4.79 Å². The molecule has 0 atom stereocenters. The number of ether oxygens (including phenoxy) is 1. The van der Waals surface area contributed by atoms with Crippen molar-refractivity contribution < 1.29 is 9.53 Å². The van der Waals surface area contributed by atoms with Crippen LogP contribution in [0.25, 0.3) is 0 Å². The molecule has 0 unspecified atom stereocenters. The lowest BCUT2D eigenvalue weighted by atomic mass is 10.0. The molecule has 0 radical (unpaired) electrons. The van der Waals surface area contributed by atoms with E-state index in [1.165, 1.54) is 11.1 Å². The fourth-order valence-electron chi connectivity index (χ4n) is 2.89. The highest BCUT2D eigenvalue weighted by Gasteiger charge is 2.45. The van der Waals surface area contributed by atoms with Crippen molar-refractivity contribution in [1.29, 1.82) is 0 Å². The summed E-state index contributed by atoms with van der Waals surface area (Å²) < 4.78 is 5.21. The maximum absolute atomic E-state index is 12.2. The van der Waals surface area contributed by atoms with Crippen LogP contribution in [0, 0.1) is 6.92 Å². The Hall–Kier alpha value is -2.49. The second-order valence-electron chi connectivity index (χ2n) is 6.43. The van der Waals surface area contributed by atoms with E-state index in [4.69, 9.17) is 4.74 Å². The molecule has 0 bridgehead atoms. The number of nitrogens with one attached hydrogen (secondary N) is 2. The molecular formula is C20H24N2O2. The summed E-state index contributed by atoms with van der Waals surface area (Å²) in [6.07, 6.45) is 2.78. The average Bonchev–Trinajstić information content (AvgIpc) is 3.36. The number of urea groups is 1. The topological polar surface area (TPSA) is 50.4 Å². The smallest absolute Gasteiger partial charge is 0.315 e. The number of benzene rings is 2. The fourth-order valence-corrected chi connectivity index (χ4v) is 2.89. The van der Waals surface area contributed by atoms with Gasteiger partial charge >= 0.3 is 6.03 Å². The first-order valence-corrected chi connectivity index (χ1v) is 8.37. The first-order chi connectivity index (χ1) is 11.6.